The normalized spacial score (nSPS) is 14.9. The van der Waals surface area contributed by atoms with Crippen molar-refractivity contribution in [3.8, 4) is 0 Å². The van der Waals surface area contributed by atoms with Gasteiger partial charge in [-0.3, -0.25) is 10.1 Å². The van der Waals surface area contributed by atoms with E-state index in [0.717, 1.165) is 18.8 Å². The number of pyridine rings is 1. The Labute approximate surface area is 139 Å². The molecule has 0 radical (unpaired) electrons. The van der Waals surface area contributed by atoms with Crippen molar-refractivity contribution in [3.05, 3.63) is 34.1 Å². The molecule has 3 heterocycles. The highest BCUT2D eigenvalue weighted by atomic mass is 16.6. The maximum absolute atomic E-state index is 11.4. The minimum Gasteiger partial charge on any atom is -0.384 e. The average Bonchev–Trinajstić information content (AvgIpc) is 2.92. The molecule has 0 unspecified atom stereocenters. The second kappa shape index (κ2) is 6.34. The highest BCUT2D eigenvalue weighted by Crippen LogP contribution is 2.32. The molecule has 2 aromatic heterocycles. The first-order chi connectivity index (χ1) is 11.5. The molecular formula is C15H21N7O2. The van der Waals surface area contributed by atoms with E-state index in [0.29, 0.717) is 37.0 Å². The Hall–Kier alpha value is -2.84. The van der Waals surface area contributed by atoms with Gasteiger partial charge in [-0.25, -0.2) is 9.67 Å². The van der Waals surface area contributed by atoms with Crippen LogP contribution in [0.4, 0.5) is 23.0 Å². The summed E-state index contributed by atoms with van der Waals surface area (Å²) in [5.41, 5.74) is 7.21. The first kappa shape index (κ1) is 16.0. The summed E-state index contributed by atoms with van der Waals surface area (Å²) < 4.78 is 1.72. The molecule has 0 saturated carbocycles. The summed E-state index contributed by atoms with van der Waals surface area (Å²) in [5.74, 6) is 1.10. The zero-order valence-corrected chi connectivity index (χ0v) is 13.8. The molecule has 9 nitrogen and oxygen atoms in total. The van der Waals surface area contributed by atoms with Crippen molar-refractivity contribution >= 4 is 23.0 Å². The molecule has 3 rings (SSSR count). The Balaban J connectivity index is 1.80. The van der Waals surface area contributed by atoms with Crippen LogP contribution >= 0.6 is 0 Å². The molecule has 128 valence electrons. The fraction of sp³-hybridized carbons (Fsp3) is 0.467. The topological polar surface area (TPSA) is 106 Å². The lowest BCUT2D eigenvalue weighted by molar-refractivity contribution is -0.384. The number of rotatable bonds is 4. The molecule has 1 aliphatic rings. The van der Waals surface area contributed by atoms with Crippen LogP contribution in [0.25, 0.3) is 0 Å². The van der Waals surface area contributed by atoms with E-state index in [4.69, 9.17) is 5.73 Å². The number of nitrogen functional groups attached to an aromatic ring is 1. The minimum absolute atomic E-state index is 0.111. The zero-order chi connectivity index (χ0) is 17.3. The summed E-state index contributed by atoms with van der Waals surface area (Å²) in [6.45, 7) is 7.13. The van der Waals surface area contributed by atoms with Gasteiger partial charge in [0.25, 0.3) is 0 Å². The Morgan fingerprint density at radius 3 is 2.46 bits per heavy atom. The Morgan fingerprint density at radius 1 is 1.25 bits per heavy atom. The molecule has 0 aliphatic carbocycles. The van der Waals surface area contributed by atoms with Crippen molar-refractivity contribution < 1.29 is 4.92 Å². The SMILES string of the molecule is CCn1nc(C)c([N+](=O)[O-])c1N1CCN(c2ccc(N)nc2)CC1. The second-order valence-corrected chi connectivity index (χ2v) is 5.75. The summed E-state index contributed by atoms with van der Waals surface area (Å²) in [6.07, 6.45) is 1.76. The third-order valence-electron chi connectivity index (χ3n) is 4.27. The van der Waals surface area contributed by atoms with E-state index in [-0.39, 0.29) is 10.6 Å². The van der Waals surface area contributed by atoms with E-state index in [1.807, 2.05) is 17.9 Å². The van der Waals surface area contributed by atoms with Crippen molar-refractivity contribution in [1.82, 2.24) is 14.8 Å². The van der Waals surface area contributed by atoms with Crippen molar-refractivity contribution in [3.63, 3.8) is 0 Å². The van der Waals surface area contributed by atoms with Gasteiger partial charge in [0.15, 0.2) is 0 Å². The lowest BCUT2D eigenvalue weighted by Crippen LogP contribution is -2.47. The molecule has 0 atom stereocenters. The molecule has 0 aromatic carbocycles. The zero-order valence-electron chi connectivity index (χ0n) is 13.8. The lowest BCUT2D eigenvalue weighted by Gasteiger charge is -2.36. The molecule has 1 saturated heterocycles. The van der Waals surface area contributed by atoms with Crippen LogP contribution in [0.1, 0.15) is 12.6 Å². The van der Waals surface area contributed by atoms with Gasteiger partial charge in [-0.05, 0) is 26.0 Å². The number of piperazine rings is 1. The summed E-state index contributed by atoms with van der Waals surface area (Å²) in [6, 6.07) is 3.73. The van der Waals surface area contributed by atoms with Crippen LogP contribution in [0, 0.1) is 17.0 Å². The van der Waals surface area contributed by atoms with Crippen molar-refractivity contribution in [2.45, 2.75) is 20.4 Å². The maximum atomic E-state index is 11.4. The Bertz CT molecular complexity index is 733. The van der Waals surface area contributed by atoms with E-state index < -0.39 is 0 Å². The number of hydrogen-bond acceptors (Lipinski definition) is 7. The van der Waals surface area contributed by atoms with Gasteiger partial charge in [-0.15, -0.1) is 0 Å². The number of aryl methyl sites for hydroxylation is 2. The van der Waals surface area contributed by atoms with Crippen LogP contribution in [-0.4, -0.2) is 45.9 Å². The molecule has 9 heteroatoms. The number of nitrogens with two attached hydrogens (primary N) is 1. The molecule has 1 fully saturated rings. The number of nitro groups is 1. The van der Waals surface area contributed by atoms with Crippen LogP contribution in [0.3, 0.4) is 0 Å². The largest absolute Gasteiger partial charge is 0.384 e. The van der Waals surface area contributed by atoms with Gasteiger partial charge in [-0.1, -0.05) is 0 Å². The van der Waals surface area contributed by atoms with Gasteiger partial charge in [0.2, 0.25) is 5.82 Å². The first-order valence-electron chi connectivity index (χ1n) is 7.94. The molecule has 0 bridgehead atoms. The summed E-state index contributed by atoms with van der Waals surface area (Å²) in [5, 5.41) is 15.7. The van der Waals surface area contributed by atoms with Gasteiger partial charge in [0.05, 0.1) is 16.8 Å². The van der Waals surface area contributed by atoms with E-state index in [1.165, 1.54) is 0 Å². The standard InChI is InChI=1S/C15H21N7O2/c1-3-21-15(14(22(23)24)11(2)18-21)20-8-6-19(7-9-20)12-4-5-13(16)17-10-12/h4-5,10H,3,6-9H2,1-2H3,(H2,16,17). The molecule has 0 amide bonds. The van der Waals surface area contributed by atoms with Gasteiger partial charge >= 0.3 is 5.69 Å². The van der Waals surface area contributed by atoms with E-state index in [2.05, 4.69) is 15.0 Å². The third-order valence-corrected chi connectivity index (χ3v) is 4.27. The van der Waals surface area contributed by atoms with Crippen molar-refractivity contribution in [2.75, 3.05) is 41.7 Å². The molecule has 2 aromatic rings. The van der Waals surface area contributed by atoms with Gasteiger partial charge in [0.1, 0.15) is 11.5 Å². The second-order valence-electron chi connectivity index (χ2n) is 5.75. The molecular weight excluding hydrogens is 310 g/mol. The fourth-order valence-corrected chi connectivity index (χ4v) is 3.07. The Kier molecular flexibility index (Phi) is 4.24. The molecule has 2 N–H and O–H groups in total. The van der Waals surface area contributed by atoms with Crippen LogP contribution in [0.5, 0.6) is 0 Å². The molecule has 1 aliphatic heterocycles. The van der Waals surface area contributed by atoms with Crippen molar-refractivity contribution in [2.24, 2.45) is 0 Å². The highest BCUT2D eigenvalue weighted by molar-refractivity contribution is 5.62. The number of nitrogens with zero attached hydrogens (tertiary/aromatic N) is 6. The number of anilines is 3. The predicted molar refractivity (Wildman–Crippen MR) is 92.4 cm³/mol. The van der Waals surface area contributed by atoms with E-state index in [1.54, 1.807) is 23.9 Å². The fourth-order valence-electron chi connectivity index (χ4n) is 3.07. The summed E-state index contributed by atoms with van der Waals surface area (Å²) in [7, 11) is 0. The minimum atomic E-state index is -0.333. The van der Waals surface area contributed by atoms with E-state index in [9.17, 15) is 10.1 Å². The predicted octanol–water partition coefficient (Wildman–Crippen LogP) is 1.42. The van der Waals surface area contributed by atoms with Gasteiger partial charge in [-0.2, -0.15) is 5.10 Å². The average molecular weight is 331 g/mol. The van der Waals surface area contributed by atoms with Gasteiger partial charge < -0.3 is 15.5 Å². The Morgan fingerprint density at radius 2 is 1.92 bits per heavy atom. The van der Waals surface area contributed by atoms with Gasteiger partial charge in [0, 0.05) is 32.7 Å². The summed E-state index contributed by atoms with van der Waals surface area (Å²) in [4.78, 5) is 19.5. The maximum Gasteiger partial charge on any atom is 0.333 e. The quantitative estimate of drug-likeness (QED) is 0.667. The third kappa shape index (κ3) is 2.84. The monoisotopic (exact) mass is 331 g/mol. The smallest absolute Gasteiger partial charge is 0.333 e. The number of hydrogen-bond donors (Lipinski definition) is 1. The summed E-state index contributed by atoms with van der Waals surface area (Å²) >= 11 is 0. The van der Waals surface area contributed by atoms with Crippen LogP contribution in [0.2, 0.25) is 0 Å². The van der Waals surface area contributed by atoms with Crippen molar-refractivity contribution in [1.29, 1.82) is 0 Å². The first-order valence-corrected chi connectivity index (χ1v) is 7.94. The molecule has 24 heavy (non-hydrogen) atoms. The van der Waals surface area contributed by atoms with Crippen LogP contribution < -0.4 is 15.5 Å². The van der Waals surface area contributed by atoms with Crippen LogP contribution in [0.15, 0.2) is 18.3 Å². The number of aromatic nitrogens is 3. The van der Waals surface area contributed by atoms with E-state index >= 15 is 0 Å². The molecule has 0 spiro atoms. The lowest BCUT2D eigenvalue weighted by atomic mass is 10.2. The van der Waals surface area contributed by atoms with Crippen LogP contribution in [-0.2, 0) is 6.54 Å². The highest BCUT2D eigenvalue weighted by Gasteiger charge is 2.31.